The highest BCUT2D eigenvalue weighted by atomic mass is 19.1. The number of carboxylic acid groups (broad SMARTS) is 1. The van der Waals surface area contributed by atoms with E-state index in [9.17, 15) is 23.9 Å². The molecular formula is C24H19FN4O4. The summed E-state index contributed by atoms with van der Waals surface area (Å²) >= 11 is 0. The largest absolute Gasteiger partial charge is 0.478 e. The van der Waals surface area contributed by atoms with E-state index in [1.165, 1.54) is 42.6 Å². The molecule has 8 nitrogen and oxygen atoms in total. The van der Waals surface area contributed by atoms with Crippen molar-refractivity contribution in [3.8, 4) is 0 Å². The Hall–Kier alpha value is -4.27. The fraction of sp³-hybridized carbons (Fsp3) is 0.167. The quantitative estimate of drug-likeness (QED) is 0.558. The van der Waals surface area contributed by atoms with E-state index >= 15 is 0 Å². The Morgan fingerprint density at radius 1 is 1.09 bits per heavy atom. The first-order chi connectivity index (χ1) is 15.9. The van der Waals surface area contributed by atoms with Gasteiger partial charge in [0.05, 0.1) is 11.8 Å². The van der Waals surface area contributed by atoms with Crippen molar-refractivity contribution in [3.05, 3.63) is 88.5 Å². The van der Waals surface area contributed by atoms with Gasteiger partial charge < -0.3 is 15.7 Å². The predicted molar refractivity (Wildman–Crippen MR) is 118 cm³/mol. The van der Waals surface area contributed by atoms with Crippen LogP contribution in [-0.2, 0) is 4.79 Å². The Morgan fingerprint density at radius 2 is 1.82 bits per heavy atom. The lowest BCUT2D eigenvalue weighted by atomic mass is 9.85. The molecule has 1 aromatic heterocycles. The molecule has 1 aliphatic heterocycles. The molecule has 166 valence electrons. The van der Waals surface area contributed by atoms with Crippen LogP contribution in [0.15, 0.2) is 66.0 Å². The molecule has 9 heteroatoms. The summed E-state index contributed by atoms with van der Waals surface area (Å²) in [6.07, 6.45) is 3.18. The number of rotatable bonds is 4. The molecule has 2 aromatic carbocycles. The van der Waals surface area contributed by atoms with Crippen LogP contribution in [0.25, 0.3) is 0 Å². The van der Waals surface area contributed by atoms with Crippen molar-refractivity contribution >= 4 is 29.2 Å². The van der Waals surface area contributed by atoms with Crippen molar-refractivity contribution in [1.82, 2.24) is 9.78 Å². The van der Waals surface area contributed by atoms with Crippen LogP contribution in [0.4, 0.5) is 15.9 Å². The van der Waals surface area contributed by atoms with Gasteiger partial charge in [0, 0.05) is 23.4 Å². The van der Waals surface area contributed by atoms with Crippen molar-refractivity contribution in [2.45, 2.75) is 25.3 Å². The highest BCUT2D eigenvalue weighted by Gasteiger charge is 2.37. The molecule has 0 saturated carbocycles. The Balaban J connectivity index is 1.56. The summed E-state index contributed by atoms with van der Waals surface area (Å²) in [4.78, 5) is 37.1. The van der Waals surface area contributed by atoms with Gasteiger partial charge in [0.15, 0.2) is 5.78 Å². The number of amides is 1. The summed E-state index contributed by atoms with van der Waals surface area (Å²) in [5, 5.41) is 19.6. The number of ketones is 1. The number of aromatic carboxylic acids is 1. The van der Waals surface area contributed by atoms with E-state index in [2.05, 4.69) is 15.7 Å². The van der Waals surface area contributed by atoms with Crippen LogP contribution in [0.3, 0.4) is 0 Å². The summed E-state index contributed by atoms with van der Waals surface area (Å²) in [6.45, 7) is 0. The normalized spacial score (nSPS) is 17.1. The number of nitrogens with zero attached hydrogens (tertiary/aromatic N) is 2. The number of anilines is 2. The molecule has 5 rings (SSSR count). The number of carbonyl (C=O) groups excluding carboxylic acids is 2. The van der Waals surface area contributed by atoms with E-state index in [0.29, 0.717) is 41.9 Å². The van der Waals surface area contributed by atoms with Gasteiger partial charge in [-0.15, -0.1) is 0 Å². The number of halogens is 1. The lowest BCUT2D eigenvalue weighted by molar-refractivity contribution is -0.116. The Bertz CT molecular complexity index is 1310. The van der Waals surface area contributed by atoms with Gasteiger partial charge >= 0.3 is 5.97 Å². The number of benzene rings is 2. The van der Waals surface area contributed by atoms with Crippen LogP contribution in [0, 0.1) is 5.82 Å². The summed E-state index contributed by atoms with van der Waals surface area (Å²) in [5.74, 6) is -1.44. The van der Waals surface area contributed by atoms with E-state index in [-0.39, 0.29) is 16.9 Å². The van der Waals surface area contributed by atoms with Crippen molar-refractivity contribution in [2.24, 2.45) is 0 Å². The molecule has 3 N–H and O–H groups in total. The molecule has 0 radical (unpaired) electrons. The minimum absolute atomic E-state index is 0.00507. The molecule has 0 unspecified atom stereocenters. The van der Waals surface area contributed by atoms with Crippen molar-refractivity contribution in [2.75, 3.05) is 10.6 Å². The molecule has 1 amide bonds. The van der Waals surface area contributed by atoms with Crippen molar-refractivity contribution < 1.29 is 23.9 Å². The molecule has 1 atom stereocenters. The third-order valence-electron chi connectivity index (χ3n) is 5.86. The predicted octanol–water partition coefficient (Wildman–Crippen LogP) is 3.99. The molecule has 0 fully saturated rings. The minimum atomic E-state index is -1.04. The average Bonchev–Trinajstić information content (AvgIpc) is 3.23. The number of Topliss-reactive ketones (excluding diaryl/α,β-unsaturated/α-hetero) is 1. The summed E-state index contributed by atoms with van der Waals surface area (Å²) < 4.78 is 14.8. The van der Waals surface area contributed by atoms with E-state index in [1.807, 2.05) is 0 Å². The number of fused-ring (bicyclic) bond motifs is 1. The topological polar surface area (TPSA) is 113 Å². The number of allylic oxidation sites excluding steroid dienone is 2. The van der Waals surface area contributed by atoms with E-state index in [0.717, 1.165) is 5.70 Å². The number of aromatic nitrogens is 2. The van der Waals surface area contributed by atoms with Gasteiger partial charge in [-0.3, -0.25) is 9.59 Å². The second-order valence-corrected chi connectivity index (χ2v) is 7.94. The highest BCUT2D eigenvalue weighted by Crippen LogP contribution is 2.41. The van der Waals surface area contributed by atoms with Gasteiger partial charge in [-0.2, -0.15) is 5.10 Å². The minimum Gasteiger partial charge on any atom is -0.478 e. The molecule has 2 aliphatic rings. The van der Waals surface area contributed by atoms with Crippen LogP contribution in [0.1, 0.15) is 51.6 Å². The Kier molecular flexibility index (Phi) is 5.01. The molecule has 33 heavy (non-hydrogen) atoms. The molecule has 2 heterocycles. The van der Waals surface area contributed by atoms with E-state index < -0.39 is 23.7 Å². The van der Waals surface area contributed by atoms with Crippen LogP contribution in [0.2, 0.25) is 0 Å². The first-order valence-corrected chi connectivity index (χ1v) is 10.4. The fourth-order valence-electron chi connectivity index (χ4n) is 4.27. The van der Waals surface area contributed by atoms with Crippen molar-refractivity contribution in [1.29, 1.82) is 0 Å². The number of hydrogen-bond donors (Lipinski definition) is 3. The summed E-state index contributed by atoms with van der Waals surface area (Å²) in [5.41, 5.74) is 2.85. The smallest absolute Gasteiger partial charge is 0.335 e. The zero-order valence-corrected chi connectivity index (χ0v) is 17.3. The van der Waals surface area contributed by atoms with Gasteiger partial charge in [0.2, 0.25) is 0 Å². The average molecular weight is 446 g/mol. The van der Waals surface area contributed by atoms with Gasteiger partial charge in [-0.25, -0.2) is 13.9 Å². The van der Waals surface area contributed by atoms with Crippen LogP contribution in [0.5, 0.6) is 0 Å². The van der Waals surface area contributed by atoms with E-state index in [1.54, 1.807) is 16.8 Å². The van der Waals surface area contributed by atoms with Gasteiger partial charge in [0.25, 0.3) is 5.91 Å². The number of carbonyl (C=O) groups is 3. The van der Waals surface area contributed by atoms with Gasteiger partial charge in [0.1, 0.15) is 23.2 Å². The van der Waals surface area contributed by atoms with Crippen LogP contribution < -0.4 is 10.6 Å². The Labute approximate surface area is 187 Å². The molecule has 1 aliphatic carbocycles. The van der Waals surface area contributed by atoms with E-state index in [4.69, 9.17) is 0 Å². The van der Waals surface area contributed by atoms with Crippen LogP contribution >= 0.6 is 0 Å². The summed E-state index contributed by atoms with van der Waals surface area (Å²) in [7, 11) is 0. The SMILES string of the molecule is O=C1CCCC2=C1[C@@H](c1ccc(C(=O)O)cc1)n1ncc(C(=O)Nc3ccc(F)cc3)c1N2. The number of carboxylic acids is 1. The summed E-state index contributed by atoms with van der Waals surface area (Å²) in [6, 6.07) is 11.1. The molecule has 0 spiro atoms. The standard InChI is InChI=1S/C24H19FN4O4/c25-15-8-10-16(11-9-15)27-23(31)17-12-26-29-21(13-4-6-14(7-5-13)24(32)33)20-18(28-22(17)29)2-1-3-19(20)30/h4-12,21,28H,1-3H2,(H,27,31)(H,32,33)/t21-/m1/s1. The van der Waals surface area contributed by atoms with Gasteiger partial charge in [-0.1, -0.05) is 12.1 Å². The maximum Gasteiger partial charge on any atom is 0.335 e. The maximum atomic E-state index is 13.2. The second-order valence-electron chi connectivity index (χ2n) is 7.94. The monoisotopic (exact) mass is 446 g/mol. The second kappa shape index (κ2) is 8.01. The molecule has 3 aromatic rings. The zero-order chi connectivity index (χ0) is 23.1. The molecule has 0 saturated heterocycles. The van der Waals surface area contributed by atoms with Gasteiger partial charge in [-0.05, 0) is 54.8 Å². The third kappa shape index (κ3) is 3.67. The molecule has 0 bridgehead atoms. The first kappa shape index (κ1) is 20.6. The lowest BCUT2D eigenvalue weighted by Crippen LogP contribution is -2.32. The van der Waals surface area contributed by atoms with Crippen molar-refractivity contribution in [3.63, 3.8) is 0 Å². The lowest BCUT2D eigenvalue weighted by Gasteiger charge is -2.33. The fourth-order valence-corrected chi connectivity index (χ4v) is 4.27. The maximum absolute atomic E-state index is 13.2. The molecular weight excluding hydrogens is 427 g/mol. The number of hydrogen-bond acceptors (Lipinski definition) is 5. The highest BCUT2D eigenvalue weighted by molar-refractivity contribution is 6.08. The Morgan fingerprint density at radius 3 is 2.52 bits per heavy atom. The first-order valence-electron chi connectivity index (χ1n) is 10.4. The van der Waals surface area contributed by atoms with Crippen LogP contribution in [-0.4, -0.2) is 32.5 Å². The zero-order valence-electron chi connectivity index (χ0n) is 17.3. The number of nitrogens with one attached hydrogen (secondary N) is 2. The third-order valence-corrected chi connectivity index (χ3v) is 5.86.